The van der Waals surface area contributed by atoms with Crippen LogP contribution in [0, 0.1) is 16.0 Å². The quantitative estimate of drug-likeness (QED) is 0.407. The Kier molecular flexibility index (Phi) is 7.66. The summed E-state index contributed by atoms with van der Waals surface area (Å²) in [5.41, 5.74) is 0.917. The molecule has 0 radical (unpaired) electrons. The second-order valence-electron chi connectivity index (χ2n) is 6.47. The van der Waals surface area contributed by atoms with Crippen LogP contribution in [0.1, 0.15) is 32.6 Å². The summed E-state index contributed by atoms with van der Waals surface area (Å²) in [6, 6.07) is 6.33. The van der Waals surface area contributed by atoms with Crippen LogP contribution in [0.25, 0.3) is 0 Å². The highest BCUT2D eigenvalue weighted by Crippen LogP contribution is 2.18. The number of benzene rings is 1. The lowest BCUT2D eigenvalue weighted by atomic mass is 9.96. The molecule has 0 unspecified atom stereocenters. The Hall–Kier alpha value is -2.15. The van der Waals surface area contributed by atoms with Crippen molar-refractivity contribution in [2.45, 2.75) is 32.6 Å². The van der Waals surface area contributed by atoms with E-state index in [2.05, 4.69) is 17.6 Å². The van der Waals surface area contributed by atoms with Crippen molar-refractivity contribution in [3.8, 4) is 0 Å². The first-order chi connectivity index (χ1) is 12.1. The van der Waals surface area contributed by atoms with Gasteiger partial charge in [-0.2, -0.15) is 0 Å². The number of likely N-dealkylation sites (tertiary alicyclic amines) is 1. The number of carbonyl (C=O) groups is 1. The number of hydrogen-bond acceptors (Lipinski definition) is 5. The number of nitrogens with zero attached hydrogens (tertiary/aromatic N) is 2. The van der Waals surface area contributed by atoms with Crippen LogP contribution in [0.5, 0.6) is 0 Å². The minimum atomic E-state index is -0.413. The Labute approximate surface area is 148 Å². The van der Waals surface area contributed by atoms with Crippen molar-refractivity contribution in [3.63, 3.8) is 0 Å². The zero-order valence-corrected chi connectivity index (χ0v) is 14.9. The van der Waals surface area contributed by atoms with E-state index in [1.54, 1.807) is 12.1 Å². The van der Waals surface area contributed by atoms with Crippen molar-refractivity contribution >= 4 is 17.3 Å². The molecule has 0 spiro atoms. The molecule has 1 aromatic rings. The fraction of sp³-hybridized carbons (Fsp3) is 0.611. The van der Waals surface area contributed by atoms with E-state index in [0.717, 1.165) is 51.1 Å². The molecule has 138 valence electrons. The summed E-state index contributed by atoms with van der Waals surface area (Å²) in [5.74, 6) is 0.917. The molecular formula is C18H28N4O3. The molecule has 0 aromatic heterocycles. The number of anilines is 1. The monoisotopic (exact) mass is 348 g/mol. The van der Waals surface area contributed by atoms with Gasteiger partial charge in [0.15, 0.2) is 0 Å². The van der Waals surface area contributed by atoms with Gasteiger partial charge in [-0.3, -0.25) is 14.9 Å². The number of carbonyl (C=O) groups excluding carboxylic acids is 1. The molecule has 7 nitrogen and oxygen atoms in total. The van der Waals surface area contributed by atoms with Crippen LogP contribution in [0.15, 0.2) is 24.3 Å². The Morgan fingerprint density at radius 2 is 1.96 bits per heavy atom. The smallest absolute Gasteiger partial charge is 0.269 e. The molecule has 2 N–H and O–H groups in total. The first-order valence-corrected chi connectivity index (χ1v) is 9.07. The highest BCUT2D eigenvalue weighted by molar-refractivity contribution is 5.76. The van der Waals surface area contributed by atoms with Crippen LogP contribution in [0.3, 0.4) is 0 Å². The maximum atomic E-state index is 12.3. The predicted molar refractivity (Wildman–Crippen MR) is 98.7 cm³/mol. The number of non-ortho nitro benzene ring substituents is 1. The van der Waals surface area contributed by atoms with Gasteiger partial charge in [0, 0.05) is 43.9 Å². The van der Waals surface area contributed by atoms with E-state index in [-0.39, 0.29) is 11.6 Å². The predicted octanol–water partition coefficient (Wildman–Crippen LogP) is 2.64. The van der Waals surface area contributed by atoms with Gasteiger partial charge in [-0.1, -0.05) is 6.92 Å². The van der Waals surface area contributed by atoms with E-state index >= 15 is 0 Å². The summed E-state index contributed by atoms with van der Waals surface area (Å²) in [6.45, 7) is 6.58. The minimum absolute atomic E-state index is 0.0817. The number of nitro benzene ring substituents is 1. The van der Waals surface area contributed by atoms with Gasteiger partial charge in [0.1, 0.15) is 0 Å². The summed E-state index contributed by atoms with van der Waals surface area (Å²) >= 11 is 0. The van der Waals surface area contributed by atoms with Crippen molar-refractivity contribution in [1.29, 1.82) is 0 Å². The van der Waals surface area contributed by atoms with Crippen LogP contribution in [0.2, 0.25) is 0 Å². The van der Waals surface area contributed by atoms with E-state index < -0.39 is 4.92 Å². The lowest BCUT2D eigenvalue weighted by Gasteiger charge is -2.32. The maximum absolute atomic E-state index is 12.3. The van der Waals surface area contributed by atoms with E-state index in [9.17, 15) is 14.9 Å². The molecule has 7 heteroatoms. The molecule has 0 bridgehead atoms. The van der Waals surface area contributed by atoms with E-state index in [1.165, 1.54) is 12.1 Å². The van der Waals surface area contributed by atoms with Gasteiger partial charge in [0.2, 0.25) is 5.91 Å². The van der Waals surface area contributed by atoms with Crippen molar-refractivity contribution in [1.82, 2.24) is 10.2 Å². The third-order valence-corrected chi connectivity index (χ3v) is 4.62. The lowest BCUT2D eigenvalue weighted by molar-refractivity contribution is -0.384. The SMILES string of the molecule is CCNCC1CCN(C(=O)CCCNc2ccc([N+](=O)[O-])cc2)CC1. The number of nitrogens with one attached hydrogen (secondary N) is 2. The van der Waals surface area contributed by atoms with Gasteiger partial charge in [-0.05, 0) is 50.4 Å². The lowest BCUT2D eigenvalue weighted by Crippen LogP contribution is -2.40. The average Bonchev–Trinajstić information content (AvgIpc) is 2.64. The standard InChI is InChI=1S/C18H28N4O3/c1-2-19-14-15-9-12-21(13-10-15)18(23)4-3-11-20-16-5-7-17(8-6-16)22(24)25/h5-8,15,19-20H,2-4,9-14H2,1H3. The van der Waals surface area contributed by atoms with Crippen molar-refractivity contribution in [3.05, 3.63) is 34.4 Å². The zero-order valence-electron chi connectivity index (χ0n) is 14.9. The molecular weight excluding hydrogens is 320 g/mol. The van der Waals surface area contributed by atoms with Gasteiger partial charge in [-0.25, -0.2) is 0 Å². The maximum Gasteiger partial charge on any atom is 0.269 e. The van der Waals surface area contributed by atoms with Crippen molar-refractivity contribution in [2.24, 2.45) is 5.92 Å². The fourth-order valence-corrected chi connectivity index (χ4v) is 3.07. The van der Waals surface area contributed by atoms with E-state index in [1.807, 2.05) is 4.90 Å². The van der Waals surface area contributed by atoms with E-state index in [0.29, 0.717) is 18.9 Å². The van der Waals surface area contributed by atoms with Crippen molar-refractivity contribution < 1.29 is 9.72 Å². The topological polar surface area (TPSA) is 87.5 Å². The largest absolute Gasteiger partial charge is 0.385 e. The summed E-state index contributed by atoms with van der Waals surface area (Å²) in [4.78, 5) is 24.4. The Balaban J connectivity index is 1.61. The van der Waals surface area contributed by atoms with Crippen LogP contribution >= 0.6 is 0 Å². The fourth-order valence-electron chi connectivity index (χ4n) is 3.07. The Morgan fingerprint density at radius 1 is 1.28 bits per heavy atom. The number of amides is 1. The number of hydrogen-bond donors (Lipinski definition) is 2. The molecule has 0 saturated carbocycles. The second kappa shape index (κ2) is 9.98. The van der Waals surface area contributed by atoms with Crippen LogP contribution in [-0.4, -0.2) is 48.5 Å². The first kappa shape index (κ1) is 19.2. The molecule has 25 heavy (non-hydrogen) atoms. The highest BCUT2D eigenvalue weighted by atomic mass is 16.6. The third kappa shape index (κ3) is 6.34. The third-order valence-electron chi connectivity index (χ3n) is 4.62. The molecule has 1 aliphatic rings. The minimum Gasteiger partial charge on any atom is -0.385 e. The van der Waals surface area contributed by atoms with Gasteiger partial charge in [0.05, 0.1) is 4.92 Å². The summed E-state index contributed by atoms with van der Waals surface area (Å²) < 4.78 is 0. The number of nitro groups is 1. The number of rotatable bonds is 9. The van der Waals surface area contributed by atoms with Gasteiger partial charge in [0.25, 0.3) is 5.69 Å². The molecule has 1 saturated heterocycles. The first-order valence-electron chi connectivity index (χ1n) is 9.07. The second-order valence-corrected chi connectivity index (χ2v) is 6.47. The van der Waals surface area contributed by atoms with Crippen LogP contribution in [-0.2, 0) is 4.79 Å². The van der Waals surface area contributed by atoms with Crippen LogP contribution < -0.4 is 10.6 Å². The van der Waals surface area contributed by atoms with Gasteiger partial charge < -0.3 is 15.5 Å². The van der Waals surface area contributed by atoms with Gasteiger partial charge in [-0.15, -0.1) is 0 Å². The van der Waals surface area contributed by atoms with Crippen LogP contribution in [0.4, 0.5) is 11.4 Å². The molecule has 0 atom stereocenters. The normalized spacial score (nSPS) is 15.2. The number of piperidine rings is 1. The Morgan fingerprint density at radius 3 is 2.56 bits per heavy atom. The van der Waals surface area contributed by atoms with Crippen molar-refractivity contribution in [2.75, 3.05) is 38.0 Å². The molecule has 1 fully saturated rings. The Bertz CT molecular complexity index is 554. The molecule has 1 amide bonds. The molecule has 0 aliphatic carbocycles. The van der Waals surface area contributed by atoms with E-state index in [4.69, 9.17) is 0 Å². The summed E-state index contributed by atoms with van der Waals surface area (Å²) in [5, 5.41) is 17.2. The average molecular weight is 348 g/mol. The summed E-state index contributed by atoms with van der Waals surface area (Å²) in [7, 11) is 0. The highest BCUT2D eigenvalue weighted by Gasteiger charge is 2.21. The summed E-state index contributed by atoms with van der Waals surface area (Å²) in [6.07, 6.45) is 3.46. The molecule has 1 aromatic carbocycles. The molecule has 1 heterocycles. The molecule has 1 aliphatic heterocycles. The molecule has 2 rings (SSSR count). The van der Waals surface area contributed by atoms with Gasteiger partial charge >= 0.3 is 0 Å². The zero-order chi connectivity index (χ0) is 18.1.